The Bertz CT molecular complexity index is 1770. The number of hydrogen-bond donors (Lipinski definition) is 3. The highest BCUT2D eigenvalue weighted by Gasteiger charge is 2.46. The molecule has 0 bridgehead atoms. The van der Waals surface area contributed by atoms with Crippen LogP contribution >= 0.6 is 11.3 Å². The lowest BCUT2D eigenvalue weighted by Crippen LogP contribution is -2.62. The van der Waals surface area contributed by atoms with Crippen molar-refractivity contribution in [3.8, 4) is 23.7 Å². The third-order valence-electron chi connectivity index (χ3n) is 9.80. The quantitative estimate of drug-likeness (QED) is 0.169. The van der Waals surface area contributed by atoms with Crippen LogP contribution in [0.15, 0.2) is 30.3 Å². The van der Waals surface area contributed by atoms with Crippen molar-refractivity contribution in [2.24, 2.45) is 5.41 Å². The summed E-state index contributed by atoms with van der Waals surface area (Å²) in [4.78, 5) is 15.0. The number of hydrogen-bond acceptors (Lipinski definition) is 8. The molecular weight excluding hydrogens is 658 g/mol. The Morgan fingerprint density at radius 2 is 1.90 bits per heavy atom. The molecule has 1 aliphatic carbocycles. The van der Waals surface area contributed by atoms with Gasteiger partial charge in [-0.05, 0) is 61.6 Å². The van der Waals surface area contributed by atoms with Crippen molar-refractivity contribution in [3.63, 3.8) is 0 Å². The Kier molecular flexibility index (Phi) is 10.5. The molecule has 2 aliphatic heterocycles. The van der Waals surface area contributed by atoms with Gasteiger partial charge in [0.05, 0.1) is 39.5 Å². The first-order valence-corrected chi connectivity index (χ1v) is 17.4. The molecule has 3 aromatic rings. The minimum atomic E-state index is -4.43. The van der Waals surface area contributed by atoms with Gasteiger partial charge in [0.15, 0.2) is 6.61 Å². The van der Waals surface area contributed by atoms with E-state index >= 15 is 0 Å². The highest BCUT2D eigenvalue weighted by molar-refractivity contribution is 7.20. The maximum Gasteiger partial charge on any atom is 0.393 e. The summed E-state index contributed by atoms with van der Waals surface area (Å²) in [6, 6.07) is 10.3. The minimum absolute atomic E-state index is 0.0539. The fraction of sp³-hybridized carbons (Fsp3) is 0.500. The summed E-state index contributed by atoms with van der Waals surface area (Å²) < 4.78 is 67.7. The topological polar surface area (TPSA) is 98.6 Å². The first kappa shape index (κ1) is 34.8. The van der Waals surface area contributed by atoms with E-state index in [4.69, 9.17) is 14.7 Å². The van der Waals surface area contributed by atoms with Gasteiger partial charge in [0.2, 0.25) is 0 Å². The number of benzene rings is 2. The molecule has 0 radical (unpaired) electrons. The molecule has 1 amide bonds. The Balaban J connectivity index is 1.15. The molecule has 0 atom stereocenters. The highest BCUT2D eigenvalue weighted by Crippen LogP contribution is 2.44. The van der Waals surface area contributed by atoms with E-state index in [1.54, 1.807) is 12.1 Å². The second kappa shape index (κ2) is 14.8. The lowest BCUT2D eigenvalue weighted by atomic mass is 9.71. The number of nitrogens with zero attached hydrogens (tertiary/aromatic N) is 2. The average molecular weight is 698 g/mol. The molecule has 1 spiro atoms. The van der Waals surface area contributed by atoms with Gasteiger partial charge in [-0.15, -0.1) is 11.3 Å². The van der Waals surface area contributed by atoms with E-state index in [9.17, 15) is 22.4 Å². The van der Waals surface area contributed by atoms with Gasteiger partial charge in [0.1, 0.15) is 17.6 Å². The predicted molar refractivity (Wildman–Crippen MR) is 182 cm³/mol. The number of carbonyl (C=O) groups excluding carboxylic acids is 1. The van der Waals surface area contributed by atoms with Gasteiger partial charge < -0.3 is 25.4 Å². The van der Waals surface area contributed by atoms with Crippen molar-refractivity contribution in [1.29, 1.82) is 5.26 Å². The Morgan fingerprint density at radius 3 is 2.59 bits per heavy atom. The van der Waals surface area contributed by atoms with Gasteiger partial charge >= 0.3 is 6.18 Å². The summed E-state index contributed by atoms with van der Waals surface area (Å²) in [5, 5.41) is 18.4. The molecule has 6 rings (SSSR count). The van der Waals surface area contributed by atoms with E-state index < -0.39 is 24.3 Å². The van der Waals surface area contributed by atoms with Crippen LogP contribution in [0.5, 0.6) is 5.75 Å². The molecule has 13 heteroatoms. The Labute approximate surface area is 287 Å². The first-order valence-electron chi connectivity index (χ1n) is 16.6. The zero-order chi connectivity index (χ0) is 34.6. The van der Waals surface area contributed by atoms with Crippen molar-refractivity contribution in [1.82, 2.24) is 10.2 Å². The number of fused-ring (bicyclic) bond motifs is 1. The monoisotopic (exact) mass is 697 g/mol. The van der Waals surface area contributed by atoms with Crippen molar-refractivity contribution in [3.05, 3.63) is 52.2 Å². The van der Waals surface area contributed by atoms with E-state index in [0.717, 1.165) is 81.3 Å². The van der Waals surface area contributed by atoms with E-state index in [0.29, 0.717) is 21.7 Å². The van der Waals surface area contributed by atoms with Crippen LogP contribution in [0.1, 0.15) is 59.3 Å². The van der Waals surface area contributed by atoms with Gasteiger partial charge in [-0.2, -0.15) is 18.4 Å². The minimum Gasteiger partial charge on any atom is -0.477 e. The molecule has 3 fully saturated rings. The maximum atomic E-state index is 14.7. The smallest absolute Gasteiger partial charge is 0.393 e. The number of carbonyl (C=O) groups is 1. The SMILES string of the molecule is CNC(=O)c1cc(OCC#N)c(NCC#Cc2sc3c(NC4CCC(N5CC6(CCOCC6)C5)CC4)cccc3c2CC(F)(F)F)cc1F. The van der Waals surface area contributed by atoms with Gasteiger partial charge in [-0.1, -0.05) is 24.0 Å². The third-order valence-corrected chi connectivity index (χ3v) is 11.0. The van der Waals surface area contributed by atoms with Crippen LogP contribution in [0.3, 0.4) is 0 Å². The number of amides is 1. The number of ether oxygens (including phenoxy) is 2. The number of rotatable bonds is 9. The molecule has 1 saturated carbocycles. The molecule has 0 unspecified atom stereocenters. The first-order chi connectivity index (χ1) is 23.6. The number of nitriles is 1. The summed E-state index contributed by atoms with van der Waals surface area (Å²) in [5.41, 5.74) is 1.29. The van der Waals surface area contributed by atoms with E-state index in [2.05, 4.69) is 32.7 Å². The average Bonchev–Trinajstić information content (AvgIpc) is 3.42. The summed E-state index contributed by atoms with van der Waals surface area (Å²) in [6.45, 7) is 3.66. The zero-order valence-electron chi connectivity index (χ0n) is 27.3. The van der Waals surface area contributed by atoms with Crippen LogP contribution in [-0.4, -0.2) is 75.6 Å². The second-order valence-electron chi connectivity index (χ2n) is 13.1. The number of anilines is 2. The van der Waals surface area contributed by atoms with Crippen LogP contribution in [0.25, 0.3) is 10.1 Å². The van der Waals surface area contributed by atoms with E-state index in [1.807, 2.05) is 12.1 Å². The van der Waals surface area contributed by atoms with Crippen LogP contribution in [0.4, 0.5) is 28.9 Å². The largest absolute Gasteiger partial charge is 0.477 e. The fourth-order valence-electron chi connectivity index (χ4n) is 7.25. The Hall–Kier alpha value is -4.04. The van der Waals surface area contributed by atoms with Crippen LogP contribution in [0.2, 0.25) is 0 Å². The number of nitrogens with one attached hydrogen (secondary N) is 3. The van der Waals surface area contributed by atoms with Gasteiger partial charge in [0, 0.05) is 56.9 Å². The molecule has 8 nitrogen and oxygen atoms in total. The third kappa shape index (κ3) is 8.07. The zero-order valence-corrected chi connectivity index (χ0v) is 28.1. The van der Waals surface area contributed by atoms with E-state index in [-0.39, 0.29) is 41.8 Å². The molecule has 3 aliphatic rings. The molecular formula is C36H39F4N5O3S. The van der Waals surface area contributed by atoms with Crippen molar-refractivity contribution < 1.29 is 31.8 Å². The van der Waals surface area contributed by atoms with Crippen molar-refractivity contribution in [2.45, 2.75) is 63.2 Å². The lowest BCUT2D eigenvalue weighted by molar-refractivity contribution is -0.126. The lowest BCUT2D eigenvalue weighted by Gasteiger charge is -2.56. The molecule has 49 heavy (non-hydrogen) atoms. The predicted octanol–water partition coefficient (Wildman–Crippen LogP) is 6.71. The van der Waals surface area contributed by atoms with Crippen LogP contribution in [0, 0.1) is 34.4 Å². The molecule has 2 saturated heterocycles. The van der Waals surface area contributed by atoms with Crippen molar-refractivity contribution in [2.75, 3.05) is 57.1 Å². The number of likely N-dealkylation sites (tertiary alicyclic amines) is 1. The van der Waals surface area contributed by atoms with Crippen molar-refractivity contribution >= 4 is 38.7 Å². The Morgan fingerprint density at radius 1 is 1.14 bits per heavy atom. The molecule has 3 heterocycles. The van der Waals surface area contributed by atoms with Gasteiger partial charge in [-0.3, -0.25) is 9.69 Å². The summed E-state index contributed by atoms with van der Waals surface area (Å²) in [7, 11) is 1.36. The molecule has 2 aromatic carbocycles. The maximum absolute atomic E-state index is 14.7. The van der Waals surface area contributed by atoms with Gasteiger partial charge in [-0.25, -0.2) is 4.39 Å². The van der Waals surface area contributed by atoms with Crippen LogP contribution < -0.4 is 20.7 Å². The van der Waals surface area contributed by atoms with Crippen LogP contribution in [-0.2, 0) is 11.2 Å². The summed E-state index contributed by atoms with van der Waals surface area (Å²) >= 11 is 1.23. The molecule has 3 N–H and O–H groups in total. The number of thiophene rings is 1. The summed E-state index contributed by atoms with van der Waals surface area (Å²) in [6.07, 6.45) is 0.942. The van der Waals surface area contributed by atoms with Gasteiger partial charge in [0.25, 0.3) is 5.91 Å². The molecule has 1 aromatic heterocycles. The summed E-state index contributed by atoms with van der Waals surface area (Å²) in [5.74, 6) is 4.37. The number of alkyl halides is 3. The highest BCUT2D eigenvalue weighted by atomic mass is 32.1. The number of halogens is 4. The molecule has 260 valence electrons. The normalized spacial score (nSPS) is 20.5. The fourth-order valence-corrected chi connectivity index (χ4v) is 8.42. The second-order valence-corrected chi connectivity index (χ2v) is 14.1. The standard InChI is InChI=1S/C36H39F4N5O3S/c1-42-34(46)26-18-31(48-17-13-41)30(19-28(26)37)43-14-3-6-32-27(20-36(38,39)40)25-4-2-5-29(33(25)49-32)44-23-7-9-24(10-8-23)45-21-35(22-45)11-15-47-16-12-35/h2,4-5,18-19,23-24,43-44H,7-12,14-17,20-22H2,1H3,(H,42,46). The van der Waals surface area contributed by atoms with E-state index in [1.165, 1.54) is 24.5 Å².